The number of rotatable bonds is 8. The molecule has 0 unspecified atom stereocenters. The Hall–Kier alpha value is -3.02. The number of hydrogen-bond acceptors (Lipinski definition) is 6. The molecule has 1 atom stereocenters. The zero-order valence-corrected chi connectivity index (χ0v) is 22.3. The Kier molecular flexibility index (Phi) is 8.93. The van der Waals surface area contributed by atoms with E-state index in [0.29, 0.717) is 31.1 Å². The first-order valence-electron chi connectivity index (χ1n) is 13.2. The number of alkyl halides is 3. The summed E-state index contributed by atoms with van der Waals surface area (Å²) in [7, 11) is 4.00. The summed E-state index contributed by atoms with van der Waals surface area (Å²) in [6, 6.07) is 8.27. The van der Waals surface area contributed by atoms with Gasteiger partial charge in [0.15, 0.2) is 0 Å². The lowest BCUT2D eigenvalue weighted by atomic mass is 9.79. The summed E-state index contributed by atoms with van der Waals surface area (Å²) < 4.78 is 38.7. The maximum atomic E-state index is 12.9. The molecule has 39 heavy (non-hydrogen) atoms. The molecule has 0 bridgehead atoms. The predicted molar refractivity (Wildman–Crippen MR) is 140 cm³/mol. The molecule has 1 aromatic carbocycles. The van der Waals surface area contributed by atoms with E-state index in [9.17, 15) is 27.9 Å². The highest BCUT2D eigenvalue weighted by atomic mass is 19.4. The van der Waals surface area contributed by atoms with E-state index in [1.807, 2.05) is 32.4 Å². The van der Waals surface area contributed by atoms with Crippen LogP contribution in [0.2, 0.25) is 0 Å². The third kappa shape index (κ3) is 7.55. The summed E-state index contributed by atoms with van der Waals surface area (Å²) in [4.78, 5) is 33.6. The molecule has 2 amide bonds. The molecule has 2 aromatic rings. The number of carbonyl (C=O) groups excluding carboxylic acids is 2. The normalized spacial score (nSPS) is 24.1. The van der Waals surface area contributed by atoms with Crippen molar-refractivity contribution in [1.29, 1.82) is 0 Å². The van der Waals surface area contributed by atoms with E-state index in [1.165, 1.54) is 6.07 Å². The molecule has 1 aliphatic heterocycles. The molecule has 1 saturated carbocycles. The van der Waals surface area contributed by atoms with Crippen molar-refractivity contribution in [2.24, 2.45) is 0 Å². The fraction of sp³-hybridized carbons (Fsp3) is 0.536. The third-order valence-corrected chi connectivity index (χ3v) is 7.55. The van der Waals surface area contributed by atoms with Crippen LogP contribution in [0.3, 0.4) is 0 Å². The molecule has 3 N–H and O–H groups in total. The topological polar surface area (TPSA) is 97.8 Å². The minimum Gasteiger partial charge on any atom is -0.384 e. The van der Waals surface area contributed by atoms with Gasteiger partial charge >= 0.3 is 6.18 Å². The molecule has 1 aliphatic carbocycles. The number of carbonyl (C=O) groups is 2. The Balaban J connectivity index is 1.21. The van der Waals surface area contributed by atoms with E-state index in [4.69, 9.17) is 0 Å². The van der Waals surface area contributed by atoms with Crippen molar-refractivity contribution in [1.82, 2.24) is 25.4 Å². The van der Waals surface area contributed by atoms with E-state index >= 15 is 0 Å². The molecule has 212 valence electrons. The van der Waals surface area contributed by atoms with Crippen molar-refractivity contribution in [3.63, 3.8) is 0 Å². The highest BCUT2D eigenvalue weighted by Gasteiger charge is 2.39. The molecule has 11 heteroatoms. The molecule has 0 radical (unpaired) electrons. The Labute approximate surface area is 226 Å². The lowest BCUT2D eigenvalue weighted by Crippen LogP contribution is -2.45. The number of halogens is 3. The molecule has 8 nitrogen and oxygen atoms in total. The van der Waals surface area contributed by atoms with E-state index in [2.05, 4.69) is 25.4 Å². The summed E-state index contributed by atoms with van der Waals surface area (Å²) in [5, 5.41) is 16.6. The second-order valence-electron chi connectivity index (χ2n) is 10.9. The van der Waals surface area contributed by atoms with Crippen LogP contribution < -0.4 is 10.6 Å². The van der Waals surface area contributed by atoms with Crippen LogP contribution in [0.5, 0.6) is 0 Å². The summed E-state index contributed by atoms with van der Waals surface area (Å²) in [6.45, 7) is 1.97. The number of pyridine rings is 1. The van der Waals surface area contributed by atoms with Gasteiger partial charge in [0.05, 0.1) is 17.8 Å². The number of hydrogen-bond donors (Lipinski definition) is 3. The van der Waals surface area contributed by atoms with Crippen molar-refractivity contribution in [2.45, 2.75) is 62.5 Å². The molecule has 2 aliphatic rings. The quantitative estimate of drug-likeness (QED) is 0.470. The lowest BCUT2D eigenvalue weighted by molar-refractivity contribution is -0.137. The van der Waals surface area contributed by atoms with Crippen molar-refractivity contribution in [3.05, 3.63) is 65.0 Å². The first-order chi connectivity index (χ1) is 18.4. The van der Waals surface area contributed by atoms with Gasteiger partial charge in [-0.05, 0) is 76.0 Å². The second-order valence-corrected chi connectivity index (χ2v) is 10.9. The largest absolute Gasteiger partial charge is 0.416 e. The third-order valence-electron chi connectivity index (χ3n) is 7.55. The van der Waals surface area contributed by atoms with Crippen LogP contribution in [0.4, 0.5) is 13.2 Å². The zero-order valence-electron chi connectivity index (χ0n) is 22.3. The molecular formula is C28H36F3N5O3. The van der Waals surface area contributed by atoms with Gasteiger partial charge in [-0.3, -0.25) is 19.5 Å². The number of aromatic nitrogens is 1. The van der Waals surface area contributed by atoms with Crippen LogP contribution in [0, 0.1) is 0 Å². The van der Waals surface area contributed by atoms with E-state index in [1.54, 1.807) is 0 Å². The summed E-state index contributed by atoms with van der Waals surface area (Å²) in [5.74, 6) is -1.12. The molecule has 1 saturated heterocycles. The smallest absolute Gasteiger partial charge is 0.384 e. The summed E-state index contributed by atoms with van der Waals surface area (Å²) in [5.41, 5.74) is -0.190. The fourth-order valence-corrected chi connectivity index (χ4v) is 5.47. The number of benzene rings is 1. The molecule has 2 heterocycles. The fourth-order valence-electron chi connectivity index (χ4n) is 5.47. The second kappa shape index (κ2) is 12.0. The Bertz CT molecular complexity index is 1150. The Morgan fingerprint density at radius 1 is 1.15 bits per heavy atom. The average Bonchev–Trinajstić information content (AvgIpc) is 3.35. The minimum absolute atomic E-state index is 0.0744. The van der Waals surface area contributed by atoms with Gasteiger partial charge in [0, 0.05) is 43.5 Å². The van der Waals surface area contributed by atoms with Crippen molar-refractivity contribution in [3.8, 4) is 0 Å². The van der Waals surface area contributed by atoms with Gasteiger partial charge < -0.3 is 20.6 Å². The number of likely N-dealkylation sites (tertiary alicyclic amines) is 1. The molecule has 1 aromatic heterocycles. The van der Waals surface area contributed by atoms with Crippen LogP contribution in [0.15, 0.2) is 42.6 Å². The summed E-state index contributed by atoms with van der Waals surface area (Å²) in [6.07, 6.45) is 0.932. The van der Waals surface area contributed by atoms with Crippen LogP contribution in [-0.4, -0.2) is 77.5 Å². The number of nitrogens with zero attached hydrogens (tertiary/aromatic N) is 3. The zero-order chi connectivity index (χ0) is 28.2. The monoisotopic (exact) mass is 547 g/mol. The standard InChI is InChI=1S/C28H36F3N5O3/c1-35(2)17-19-6-7-24(32-15-19)27(39)11-8-23(9-12-27)36-13-10-22(18-36)34-25(37)16-33-26(38)20-4-3-5-21(14-20)28(29,30)31/h3-7,14-15,22-23,39H,8-13,16-18H2,1-2H3,(H,33,38)(H,34,37)/t22-,23?,27?/m1/s1. The Morgan fingerprint density at radius 2 is 1.90 bits per heavy atom. The first-order valence-corrected chi connectivity index (χ1v) is 13.2. The number of nitrogens with one attached hydrogen (secondary N) is 2. The minimum atomic E-state index is -4.55. The highest BCUT2D eigenvalue weighted by Crippen LogP contribution is 2.38. The summed E-state index contributed by atoms with van der Waals surface area (Å²) >= 11 is 0. The van der Waals surface area contributed by atoms with E-state index in [0.717, 1.165) is 56.1 Å². The van der Waals surface area contributed by atoms with Crippen molar-refractivity contribution in [2.75, 3.05) is 33.7 Å². The Morgan fingerprint density at radius 3 is 2.54 bits per heavy atom. The van der Waals surface area contributed by atoms with Gasteiger partial charge in [-0.25, -0.2) is 0 Å². The predicted octanol–water partition coefficient (Wildman–Crippen LogP) is 2.91. The van der Waals surface area contributed by atoms with Crippen LogP contribution >= 0.6 is 0 Å². The molecular weight excluding hydrogens is 511 g/mol. The first kappa shape index (κ1) is 29.0. The molecule has 2 fully saturated rings. The maximum absolute atomic E-state index is 12.9. The van der Waals surface area contributed by atoms with Gasteiger partial charge in [-0.15, -0.1) is 0 Å². The highest BCUT2D eigenvalue weighted by molar-refractivity contribution is 5.96. The molecule has 0 spiro atoms. The van der Waals surface area contributed by atoms with Gasteiger partial charge in [-0.1, -0.05) is 12.1 Å². The van der Waals surface area contributed by atoms with Crippen molar-refractivity contribution >= 4 is 11.8 Å². The van der Waals surface area contributed by atoms with Gasteiger partial charge in [0.2, 0.25) is 5.91 Å². The lowest BCUT2D eigenvalue weighted by Gasteiger charge is -2.39. The van der Waals surface area contributed by atoms with E-state index in [-0.39, 0.29) is 24.1 Å². The number of aliphatic hydroxyl groups is 1. The number of amides is 2. The maximum Gasteiger partial charge on any atom is 0.416 e. The van der Waals surface area contributed by atoms with Crippen LogP contribution in [0.1, 0.15) is 59.3 Å². The SMILES string of the molecule is CN(C)Cc1ccc(C2(O)CCC(N3CC[C@@H](NC(=O)CNC(=O)c4cccc(C(F)(F)F)c4)C3)CC2)nc1. The van der Waals surface area contributed by atoms with E-state index < -0.39 is 23.2 Å². The van der Waals surface area contributed by atoms with Crippen LogP contribution in [0.25, 0.3) is 0 Å². The van der Waals surface area contributed by atoms with Gasteiger partial charge in [-0.2, -0.15) is 13.2 Å². The molecule has 4 rings (SSSR count). The van der Waals surface area contributed by atoms with Crippen molar-refractivity contribution < 1.29 is 27.9 Å². The van der Waals surface area contributed by atoms with Gasteiger partial charge in [0.1, 0.15) is 5.60 Å². The van der Waals surface area contributed by atoms with Gasteiger partial charge in [0.25, 0.3) is 5.91 Å². The average molecular weight is 548 g/mol. The van der Waals surface area contributed by atoms with Crippen LogP contribution in [-0.2, 0) is 23.1 Å².